The molecule has 1 spiro atoms. The molecule has 2 N–H and O–H groups in total. The van der Waals surface area contributed by atoms with E-state index >= 15 is 0 Å². The predicted molar refractivity (Wildman–Crippen MR) is 99.3 cm³/mol. The fourth-order valence-electron chi connectivity index (χ4n) is 4.23. The first-order valence-electron chi connectivity index (χ1n) is 9.24. The smallest absolute Gasteiger partial charge is 0.323 e. The lowest BCUT2D eigenvalue weighted by molar-refractivity contribution is -0.135. The van der Waals surface area contributed by atoms with E-state index in [0.717, 1.165) is 42.5 Å². The number of likely N-dealkylation sites (tertiary alicyclic amines) is 1. The van der Waals surface area contributed by atoms with E-state index in [-0.39, 0.29) is 18.0 Å². The number of carboxylic acids is 1. The molecule has 2 amide bonds. The van der Waals surface area contributed by atoms with Gasteiger partial charge in [-0.2, -0.15) is 0 Å². The highest BCUT2D eigenvalue weighted by Gasteiger charge is 2.44. The third-order valence-electron chi connectivity index (χ3n) is 5.53. The fourth-order valence-corrected chi connectivity index (χ4v) is 4.23. The molecule has 0 saturated carbocycles. The molecule has 140 valence electrons. The molecule has 1 fully saturated rings. The van der Waals surface area contributed by atoms with Gasteiger partial charge in [0.1, 0.15) is 6.54 Å². The molecule has 0 bridgehead atoms. The van der Waals surface area contributed by atoms with E-state index in [1.807, 2.05) is 36.5 Å². The first kappa shape index (κ1) is 17.5. The van der Waals surface area contributed by atoms with Gasteiger partial charge in [-0.25, -0.2) is 14.8 Å². The SMILES string of the molecule is O=C(O)CNC(=O)N1CCCC2(CCc3cnc(-c4ccccc4)nc32)C1. The molecule has 1 aromatic heterocycles. The van der Waals surface area contributed by atoms with Crippen LogP contribution in [-0.4, -0.2) is 51.6 Å². The van der Waals surface area contributed by atoms with E-state index in [1.54, 1.807) is 4.90 Å². The Morgan fingerprint density at radius 2 is 2.04 bits per heavy atom. The molecule has 7 heteroatoms. The van der Waals surface area contributed by atoms with Crippen LogP contribution >= 0.6 is 0 Å². The Morgan fingerprint density at radius 3 is 2.81 bits per heavy atom. The van der Waals surface area contributed by atoms with Gasteiger partial charge in [0, 0.05) is 30.3 Å². The number of amides is 2. The number of nitrogens with one attached hydrogen (secondary N) is 1. The molecule has 2 aromatic rings. The van der Waals surface area contributed by atoms with Crippen LogP contribution in [0.25, 0.3) is 11.4 Å². The second-order valence-electron chi connectivity index (χ2n) is 7.29. The van der Waals surface area contributed by atoms with Gasteiger partial charge in [-0.15, -0.1) is 0 Å². The van der Waals surface area contributed by atoms with E-state index in [9.17, 15) is 9.59 Å². The Morgan fingerprint density at radius 1 is 1.22 bits per heavy atom. The molecule has 2 aliphatic rings. The van der Waals surface area contributed by atoms with Crippen molar-refractivity contribution in [2.75, 3.05) is 19.6 Å². The highest BCUT2D eigenvalue weighted by Crippen LogP contribution is 2.44. The summed E-state index contributed by atoms with van der Waals surface area (Å²) in [6, 6.07) is 9.58. The Bertz CT molecular complexity index is 867. The monoisotopic (exact) mass is 366 g/mol. The minimum absolute atomic E-state index is 0.166. The molecule has 1 aliphatic heterocycles. The highest BCUT2D eigenvalue weighted by molar-refractivity contribution is 5.80. The van der Waals surface area contributed by atoms with E-state index < -0.39 is 5.97 Å². The molecule has 4 rings (SSSR count). The number of piperidine rings is 1. The van der Waals surface area contributed by atoms with Gasteiger partial charge in [-0.1, -0.05) is 30.3 Å². The predicted octanol–water partition coefficient (Wildman–Crippen LogP) is 2.22. The summed E-state index contributed by atoms with van der Waals surface area (Å²) in [6.07, 6.45) is 5.63. The van der Waals surface area contributed by atoms with Crippen LogP contribution in [-0.2, 0) is 16.6 Å². The number of aliphatic carboxylic acids is 1. The topological polar surface area (TPSA) is 95.4 Å². The van der Waals surface area contributed by atoms with Gasteiger partial charge in [-0.3, -0.25) is 4.79 Å². The number of carboxylic acid groups (broad SMARTS) is 1. The summed E-state index contributed by atoms with van der Waals surface area (Å²) in [7, 11) is 0. The lowest BCUT2D eigenvalue weighted by Gasteiger charge is -2.40. The van der Waals surface area contributed by atoms with Crippen LogP contribution in [0.5, 0.6) is 0 Å². The van der Waals surface area contributed by atoms with Crippen LogP contribution in [0.1, 0.15) is 30.5 Å². The standard InChI is InChI=1S/C20H22N4O3/c25-16(26)12-22-19(27)24-10-4-8-20(13-24)9-7-15-11-21-18(23-17(15)20)14-5-2-1-3-6-14/h1-3,5-6,11H,4,7-10,12-13H2,(H,22,27)(H,25,26). The number of hydrogen-bond donors (Lipinski definition) is 2. The molecule has 2 heterocycles. The highest BCUT2D eigenvalue weighted by atomic mass is 16.4. The number of rotatable bonds is 3. The zero-order valence-electron chi connectivity index (χ0n) is 15.0. The second kappa shape index (κ2) is 6.98. The van der Waals surface area contributed by atoms with Crippen LogP contribution in [0.15, 0.2) is 36.5 Å². The molecule has 1 unspecified atom stereocenters. The zero-order chi connectivity index (χ0) is 18.9. The summed E-state index contributed by atoms with van der Waals surface area (Å²) < 4.78 is 0. The first-order valence-corrected chi connectivity index (χ1v) is 9.24. The molecule has 0 radical (unpaired) electrons. The molecule has 1 saturated heterocycles. The minimum Gasteiger partial charge on any atom is -0.480 e. The van der Waals surface area contributed by atoms with Gasteiger partial charge >= 0.3 is 12.0 Å². The third kappa shape index (κ3) is 3.37. The van der Waals surface area contributed by atoms with Crippen LogP contribution < -0.4 is 5.32 Å². The van der Waals surface area contributed by atoms with Crippen molar-refractivity contribution in [1.29, 1.82) is 0 Å². The van der Waals surface area contributed by atoms with E-state index in [4.69, 9.17) is 10.1 Å². The molecular weight excluding hydrogens is 344 g/mol. The van der Waals surface area contributed by atoms with Crippen molar-refractivity contribution in [1.82, 2.24) is 20.2 Å². The van der Waals surface area contributed by atoms with Crippen LogP contribution in [0, 0.1) is 0 Å². The molecule has 1 aliphatic carbocycles. The van der Waals surface area contributed by atoms with Gasteiger partial charge in [-0.05, 0) is 31.2 Å². The Kier molecular flexibility index (Phi) is 4.51. The number of carbonyl (C=O) groups is 2. The van der Waals surface area contributed by atoms with Crippen LogP contribution in [0.2, 0.25) is 0 Å². The van der Waals surface area contributed by atoms with Gasteiger partial charge in [0.05, 0.1) is 5.69 Å². The number of benzene rings is 1. The minimum atomic E-state index is -1.04. The number of nitrogens with zero attached hydrogens (tertiary/aromatic N) is 3. The first-order chi connectivity index (χ1) is 13.1. The normalized spacial score (nSPS) is 21.1. The van der Waals surface area contributed by atoms with Gasteiger partial charge in [0.25, 0.3) is 0 Å². The maximum atomic E-state index is 12.4. The summed E-state index contributed by atoms with van der Waals surface area (Å²) in [6.45, 7) is 0.842. The average Bonchev–Trinajstić information content (AvgIpc) is 3.04. The number of hydrogen-bond acceptors (Lipinski definition) is 4. The van der Waals surface area contributed by atoms with Crippen molar-refractivity contribution in [3.63, 3.8) is 0 Å². The number of aromatic nitrogens is 2. The van der Waals surface area contributed by atoms with Crippen LogP contribution in [0.4, 0.5) is 4.79 Å². The lowest BCUT2D eigenvalue weighted by Crippen LogP contribution is -2.51. The molecule has 1 atom stereocenters. The van der Waals surface area contributed by atoms with Crippen molar-refractivity contribution >= 4 is 12.0 Å². The summed E-state index contributed by atoms with van der Waals surface area (Å²) >= 11 is 0. The number of carbonyl (C=O) groups excluding carboxylic acids is 1. The van der Waals surface area contributed by atoms with Gasteiger partial charge in [0.2, 0.25) is 0 Å². The number of fused-ring (bicyclic) bond motifs is 2. The number of urea groups is 1. The molecule has 7 nitrogen and oxygen atoms in total. The van der Waals surface area contributed by atoms with E-state index in [2.05, 4.69) is 10.3 Å². The second-order valence-corrected chi connectivity index (χ2v) is 7.29. The molecule has 27 heavy (non-hydrogen) atoms. The quantitative estimate of drug-likeness (QED) is 0.868. The maximum absolute atomic E-state index is 12.4. The third-order valence-corrected chi connectivity index (χ3v) is 5.53. The summed E-state index contributed by atoms with van der Waals surface area (Å²) in [4.78, 5) is 34.2. The van der Waals surface area contributed by atoms with E-state index in [1.165, 1.54) is 0 Å². The molecular formula is C20H22N4O3. The average molecular weight is 366 g/mol. The Hall–Kier alpha value is -2.96. The largest absolute Gasteiger partial charge is 0.480 e. The molecule has 1 aromatic carbocycles. The van der Waals surface area contributed by atoms with Gasteiger partial charge in [0.15, 0.2) is 5.82 Å². The van der Waals surface area contributed by atoms with Crippen LogP contribution in [0.3, 0.4) is 0 Å². The van der Waals surface area contributed by atoms with Gasteiger partial charge < -0.3 is 15.3 Å². The number of aryl methyl sites for hydroxylation is 1. The van der Waals surface area contributed by atoms with Crippen molar-refractivity contribution in [2.24, 2.45) is 0 Å². The van der Waals surface area contributed by atoms with Crippen molar-refractivity contribution in [3.05, 3.63) is 47.8 Å². The summed E-state index contributed by atoms with van der Waals surface area (Å²) in [5.74, 6) is -0.329. The van der Waals surface area contributed by atoms with E-state index in [0.29, 0.717) is 18.9 Å². The van der Waals surface area contributed by atoms with Crippen molar-refractivity contribution < 1.29 is 14.7 Å². The maximum Gasteiger partial charge on any atom is 0.323 e. The zero-order valence-corrected chi connectivity index (χ0v) is 15.0. The summed E-state index contributed by atoms with van der Waals surface area (Å²) in [5, 5.41) is 11.3. The Balaban J connectivity index is 1.60. The lowest BCUT2D eigenvalue weighted by atomic mass is 9.77. The summed E-state index contributed by atoms with van der Waals surface area (Å²) in [5.41, 5.74) is 3.02. The Labute approximate surface area is 157 Å². The van der Waals surface area contributed by atoms with Crippen molar-refractivity contribution in [2.45, 2.75) is 31.1 Å². The van der Waals surface area contributed by atoms with Crippen molar-refractivity contribution in [3.8, 4) is 11.4 Å². The fraction of sp³-hybridized carbons (Fsp3) is 0.400.